The van der Waals surface area contributed by atoms with E-state index in [0.717, 1.165) is 0 Å². The first-order valence-electron chi connectivity index (χ1n) is 8.20. The van der Waals surface area contributed by atoms with Gasteiger partial charge < -0.3 is 15.1 Å². The molecule has 27 heavy (non-hydrogen) atoms. The Morgan fingerprint density at radius 1 is 0.963 bits per heavy atom. The van der Waals surface area contributed by atoms with E-state index in [1.807, 2.05) is 11.4 Å². The number of halogens is 2. The minimum Gasteiger partial charge on any atom is -0.451 e. The highest BCUT2D eigenvalue weighted by Gasteiger charge is 2.14. The summed E-state index contributed by atoms with van der Waals surface area (Å²) < 4.78 is 5.59. The Balaban J connectivity index is 1.47. The smallest absolute Gasteiger partial charge is 0.287 e. The first-order valence-corrected chi connectivity index (χ1v) is 9.84. The van der Waals surface area contributed by atoms with Gasteiger partial charge in [0, 0.05) is 18.7 Å². The van der Waals surface area contributed by atoms with Gasteiger partial charge in [-0.25, -0.2) is 0 Å². The summed E-state index contributed by atoms with van der Waals surface area (Å²) in [5.74, 6) is 0.217. The number of carbonyl (C=O) groups excluding carboxylic acids is 2. The minimum atomic E-state index is -0.330. The molecule has 0 aliphatic carbocycles. The molecule has 2 heterocycles. The van der Waals surface area contributed by atoms with Crippen molar-refractivity contribution in [2.75, 3.05) is 13.1 Å². The third-order valence-electron chi connectivity index (χ3n) is 3.72. The molecule has 140 valence electrons. The molecule has 0 bridgehead atoms. The number of hydrogen-bond acceptors (Lipinski definition) is 4. The monoisotopic (exact) mass is 422 g/mol. The molecule has 0 atom stereocenters. The van der Waals surface area contributed by atoms with E-state index in [9.17, 15) is 9.59 Å². The number of rotatable bonds is 7. The van der Waals surface area contributed by atoms with Crippen LogP contribution >= 0.6 is 34.5 Å². The van der Waals surface area contributed by atoms with Crippen LogP contribution in [0.4, 0.5) is 0 Å². The first-order chi connectivity index (χ1) is 13.1. The van der Waals surface area contributed by atoms with Gasteiger partial charge in [-0.1, -0.05) is 35.3 Å². The van der Waals surface area contributed by atoms with Gasteiger partial charge in [-0.15, -0.1) is 11.3 Å². The molecule has 0 fully saturated rings. The van der Waals surface area contributed by atoms with Gasteiger partial charge in [-0.3, -0.25) is 9.59 Å². The van der Waals surface area contributed by atoms with Crippen LogP contribution in [0.25, 0.3) is 11.3 Å². The molecular formula is C19H16Cl2N2O3S. The van der Waals surface area contributed by atoms with Gasteiger partial charge in [-0.2, -0.15) is 0 Å². The Bertz CT molecular complexity index is 938. The van der Waals surface area contributed by atoms with Crippen LogP contribution in [0.3, 0.4) is 0 Å². The quantitative estimate of drug-likeness (QED) is 0.533. The third-order valence-corrected chi connectivity index (χ3v) is 5.40. The summed E-state index contributed by atoms with van der Waals surface area (Å²) in [7, 11) is 0. The molecule has 3 rings (SSSR count). The van der Waals surface area contributed by atoms with Crippen molar-refractivity contribution >= 4 is 46.4 Å². The lowest BCUT2D eigenvalue weighted by atomic mass is 10.2. The molecule has 0 radical (unpaired) electrons. The van der Waals surface area contributed by atoms with E-state index in [2.05, 4.69) is 10.6 Å². The average Bonchev–Trinajstić information content (AvgIpc) is 3.35. The summed E-state index contributed by atoms with van der Waals surface area (Å²) >= 11 is 13.6. The molecule has 8 heteroatoms. The van der Waals surface area contributed by atoms with E-state index in [-0.39, 0.29) is 17.6 Å². The highest BCUT2D eigenvalue weighted by Crippen LogP contribution is 2.34. The van der Waals surface area contributed by atoms with E-state index in [4.69, 9.17) is 27.6 Å². The molecule has 2 aromatic heterocycles. The molecule has 0 unspecified atom stereocenters. The van der Waals surface area contributed by atoms with Crippen molar-refractivity contribution in [3.63, 3.8) is 0 Å². The number of thiophene rings is 1. The molecule has 0 aliphatic heterocycles. The highest BCUT2D eigenvalue weighted by atomic mass is 35.5. The number of hydrogen-bond donors (Lipinski definition) is 2. The summed E-state index contributed by atoms with van der Waals surface area (Å²) in [6, 6.07) is 12.1. The molecule has 5 nitrogen and oxygen atoms in total. The topological polar surface area (TPSA) is 71.3 Å². The molecule has 2 N–H and O–H groups in total. The lowest BCUT2D eigenvalue weighted by molar-refractivity contribution is 0.0926. The van der Waals surface area contributed by atoms with Gasteiger partial charge in [-0.05, 0) is 42.1 Å². The van der Waals surface area contributed by atoms with Gasteiger partial charge >= 0.3 is 0 Å². The van der Waals surface area contributed by atoms with Crippen LogP contribution in [0.5, 0.6) is 0 Å². The highest BCUT2D eigenvalue weighted by molar-refractivity contribution is 7.12. The lowest BCUT2D eigenvalue weighted by Crippen LogP contribution is -2.29. The molecule has 0 saturated heterocycles. The fourth-order valence-corrected chi connectivity index (χ4v) is 3.41. The van der Waals surface area contributed by atoms with Crippen LogP contribution in [0.2, 0.25) is 10.0 Å². The van der Waals surface area contributed by atoms with E-state index in [1.165, 1.54) is 11.3 Å². The van der Waals surface area contributed by atoms with Crippen LogP contribution in [0, 0.1) is 0 Å². The summed E-state index contributed by atoms with van der Waals surface area (Å²) in [6.07, 6.45) is 0.608. The van der Waals surface area contributed by atoms with Crippen molar-refractivity contribution in [1.29, 1.82) is 0 Å². The standard InChI is InChI=1S/C19H16Cl2N2O3S/c20-13-5-1-4-12(17(13)21)14-7-8-15(26-14)18(24)22-9-3-10-23-19(25)16-6-2-11-27-16/h1-2,4-8,11H,3,9-10H2,(H,22,24)(H,23,25). The molecule has 0 spiro atoms. The number of furan rings is 1. The van der Waals surface area contributed by atoms with Crippen LogP contribution in [-0.2, 0) is 0 Å². The Hall–Kier alpha value is -2.28. The van der Waals surface area contributed by atoms with Crippen molar-refractivity contribution in [2.45, 2.75) is 6.42 Å². The molecule has 0 saturated carbocycles. The number of carbonyl (C=O) groups is 2. The Morgan fingerprint density at radius 3 is 2.48 bits per heavy atom. The van der Waals surface area contributed by atoms with Crippen LogP contribution in [-0.4, -0.2) is 24.9 Å². The Morgan fingerprint density at radius 2 is 1.74 bits per heavy atom. The van der Waals surface area contributed by atoms with Crippen molar-refractivity contribution in [2.24, 2.45) is 0 Å². The fraction of sp³-hybridized carbons (Fsp3) is 0.158. The lowest BCUT2D eigenvalue weighted by Gasteiger charge is -2.05. The zero-order valence-electron chi connectivity index (χ0n) is 14.1. The summed E-state index contributed by atoms with van der Waals surface area (Å²) in [5, 5.41) is 8.21. The normalized spacial score (nSPS) is 10.6. The summed E-state index contributed by atoms with van der Waals surface area (Å²) in [6.45, 7) is 0.885. The van der Waals surface area contributed by atoms with Crippen LogP contribution in [0.15, 0.2) is 52.3 Å². The molecular weight excluding hydrogens is 407 g/mol. The van der Waals surface area contributed by atoms with Gasteiger partial charge in [0.2, 0.25) is 0 Å². The second-order valence-electron chi connectivity index (χ2n) is 5.61. The largest absolute Gasteiger partial charge is 0.451 e. The first kappa shape index (κ1) is 19.5. The second kappa shape index (κ2) is 9.08. The zero-order valence-corrected chi connectivity index (χ0v) is 16.5. The third kappa shape index (κ3) is 4.91. The molecule has 1 aromatic carbocycles. The van der Waals surface area contributed by atoms with Gasteiger partial charge in [0.05, 0.1) is 14.9 Å². The van der Waals surface area contributed by atoms with Crippen LogP contribution < -0.4 is 10.6 Å². The van der Waals surface area contributed by atoms with Gasteiger partial charge in [0.1, 0.15) is 5.76 Å². The molecule has 3 aromatic rings. The van der Waals surface area contributed by atoms with Crippen LogP contribution in [0.1, 0.15) is 26.6 Å². The van der Waals surface area contributed by atoms with E-state index in [0.29, 0.717) is 45.8 Å². The van der Waals surface area contributed by atoms with Crippen molar-refractivity contribution in [1.82, 2.24) is 10.6 Å². The molecule has 0 aliphatic rings. The zero-order chi connectivity index (χ0) is 19.2. The van der Waals surface area contributed by atoms with Gasteiger partial charge in [0.15, 0.2) is 5.76 Å². The fourth-order valence-electron chi connectivity index (χ4n) is 2.37. The van der Waals surface area contributed by atoms with E-state index >= 15 is 0 Å². The van der Waals surface area contributed by atoms with Gasteiger partial charge in [0.25, 0.3) is 11.8 Å². The maximum Gasteiger partial charge on any atom is 0.287 e. The van der Waals surface area contributed by atoms with Crippen molar-refractivity contribution in [3.05, 3.63) is 68.5 Å². The summed E-state index contributed by atoms with van der Waals surface area (Å²) in [5.41, 5.74) is 0.625. The number of amides is 2. The Kier molecular flexibility index (Phi) is 6.55. The maximum absolute atomic E-state index is 12.2. The molecule has 2 amide bonds. The average molecular weight is 423 g/mol. The van der Waals surface area contributed by atoms with E-state index < -0.39 is 0 Å². The maximum atomic E-state index is 12.2. The predicted octanol–water partition coefficient (Wildman–Crippen LogP) is 4.86. The van der Waals surface area contributed by atoms with Crippen molar-refractivity contribution in [3.8, 4) is 11.3 Å². The second-order valence-corrected chi connectivity index (χ2v) is 7.34. The minimum absolute atomic E-state index is 0.106. The SMILES string of the molecule is O=C(NCCCNC(=O)c1cccs1)c1ccc(-c2cccc(Cl)c2Cl)o1. The Labute approximate surface area is 170 Å². The number of nitrogens with one attached hydrogen (secondary N) is 2. The van der Waals surface area contributed by atoms with E-state index in [1.54, 1.807) is 36.4 Å². The number of benzene rings is 1. The van der Waals surface area contributed by atoms with Crippen molar-refractivity contribution < 1.29 is 14.0 Å². The predicted molar refractivity (Wildman–Crippen MR) is 108 cm³/mol. The summed E-state index contributed by atoms with van der Waals surface area (Å²) in [4.78, 5) is 24.6.